The Labute approximate surface area is 95.2 Å². The van der Waals surface area contributed by atoms with Gasteiger partial charge in [-0.1, -0.05) is 0 Å². The number of hydrogen-bond acceptors (Lipinski definition) is 4. The summed E-state index contributed by atoms with van der Waals surface area (Å²) in [6.07, 6.45) is 2.26. The lowest BCUT2D eigenvalue weighted by Gasteiger charge is -2.17. The predicted octanol–water partition coefficient (Wildman–Crippen LogP) is 0.625. The molecule has 5 nitrogen and oxygen atoms in total. The summed E-state index contributed by atoms with van der Waals surface area (Å²) < 4.78 is 7.76. The maximum absolute atomic E-state index is 5.44. The van der Waals surface area contributed by atoms with Gasteiger partial charge in [0.1, 0.15) is 11.6 Å². The van der Waals surface area contributed by atoms with Gasteiger partial charge in [0.05, 0.1) is 12.6 Å². The average molecular weight is 222 g/mol. The van der Waals surface area contributed by atoms with Crippen molar-refractivity contribution in [1.82, 2.24) is 20.1 Å². The molecule has 2 aliphatic heterocycles. The van der Waals surface area contributed by atoms with E-state index in [0.29, 0.717) is 12.0 Å². The molecule has 2 atom stereocenters. The number of nitrogens with one attached hydrogen (secondary N) is 1. The third kappa shape index (κ3) is 1.64. The van der Waals surface area contributed by atoms with Crippen molar-refractivity contribution >= 4 is 0 Å². The molecular formula is C11H18N4O. The highest BCUT2D eigenvalue weighted by Gasteiger charge is 2.28. The average Bonchev–Trinajstić information content (AvgIpc) is 2.96. The van der Waals surface area contributed by atoms with Gasteiger partial charge < -0.3 is 14.6 Å². The Balaban J connectivity index is 1.91. The van der Waals surface area contributed by atoms with Crippen molar-refractivity contribution < 1.29 is 4.74 Å². The third-order valence-corrected chi connectivity index (χ3v) is 3.59. The predicted molar refractivity (Wildman–Crippen MR) is 59.5 cm³/mol. The van der Waals surface area contributed by atoms with Gasteiger partial charge in [0.2, 0.25) is 0 Å². The van der Waals surface area contributed by atoms with Crippen LogP contribution in [0.5, 0.6) is 0 Å². The van der Waals surface area contributed by atoms with Gasteiger partial charge >= 0.3 is 0 Å². The Morgan fingerprint density at radius 2 is 2.31 bits per heavy atom. The second-order valence-electron chi connectivity index (χ2n) is 4.68. The number of rotatable bonds is 2. The first-order chi connectivity index (χ1) is 7.86. The molecule has 0 amide bonds. The van der Waals surface area contributed by atoms with E-state index >= 15 is 0 Å². The molecule has 0 aliphatic carbocycles. The zero-order valence-corrected chi connectivity index (χ0v) is 9.65. The summed E-state index contributed by atoms with van der Waals surface area (Å²) in [5.74, 6) is 2.61. The van der Waals surface area contributed by atoms with E-state index in [9.17, 15) is 0 Å². The van der Waals surface area contributed by atoms with Crippen LogP contribution in [0.3, 0.4) is 0 Å². The number of aromatic nitrogens is 3. The normalized spacial score (nSPS) is 30.1. The molecule has 0 radical (unpaired) electrons. The Morgan fingerprint density at radius 3 is 3.00 bits per heavy atom. The first-order valence-corrected chi connectivity index (χ1v) is 6.06. The summed E-state index contributed by atoms with van der Waals surface area (Å²) in [6.45, 7) is 5.85. The molecular weight excluding hydrogens is 204 g/mol. The lowest BCUT2D eigenvalue weighted by molar-refractivity contribution is 0.192. The summed E-state index contributed by atoms with van der Waals surface area (Å²) in [5.41, 5.74) is 0. The van der Waals surface area contributed by atoms with Crippen molar-refractivity contribution in [3.05, 3.63) is 11.6 Å². The lowest BCUT2D eigenvalue weighted by Crippen LogP contribution is -2.19. The minimum absolute atomic E-state index is 0.446. The fraction of sp³-hybridized carbons (Fsp3) is 0.818. The molecule has 0 bridgehead atoms. The smallest absolute Gasteiger partial charge is 0.138 e. The molecule has 1 N–H and O–H groups in total. The lowest BCUT2D eigenvalue weighted by atomic mass is 10.1. The molecule has 2 saturated heterocycles. The highest BCUT2D eigenvalue weighted by atomic mass is 16.5. The molecule has 0 spiro atoms. The van der Waals surface area contributed by atoms with Crippen molar-refractivity contribution in [2.24, 2.45) is 0 Å². The topological polar surface area (TPSA) is 52.0 Å². The van der Waals surface area contributed by atoms with E-state index in [1.54, 1.807) is 0 Å². The molecule has 2 aliphatic rings. The molecule has 88 valence electrons. The number of nitrogens with zero attached hydrogens (tertiary/aromatic N) is 3. The number of hydrogen-bond donors (Lipinski definition) is 1. The van der Waals surface area contributed by atoms with Crippen LogP contribution in [0.15, 0.2) is 0 Å². The maximum atomic E-state index is 5.44. The van der Waals surface area contributed by atoms with Crippen LogP contribution in [0, 0.1) is 6.92 Å². The summed E-state index contributed by atoms with van der Waals surface area (Å²) in [4.78, 5) is 0. The molecule has 1 aromatic heterocycles. The molecule has 0 saturated carbocycles. The number of aryl methyl sites for hydroxylation is 1. The molecule has 2 unspecified atom stereocenters. The van der Waals surface area contributed by atoms with Crippen molar-refractivity contribution in [2.75, 3.05) is 26.3 Å². The van der Waals surface area contributed by atoms with Crippen LogP contribution in [0.1, 0.15) is 36.5 Å². The zero-order chi connectivity index (χ0) is 11.0. The molecule has 2 fully saturated rings. The van der Waals surface area contributed by atoms with Crippen LogP contribution < -0.4 is 5.32 Å². The minimum atomic E-state index is 0.446. The van der Waals surface area contributed by atoms with E-state index in [0.717, 1.165) is 44.4 Å². The molecule has 5 heteroatoms. The summed E-state index contributed by atoms with van der Waals surface area (Å²) >= 11 is 0. The Hall–Kier alpha value is -0.940. The zero-order valence-electron chi connectivity index (χ0n) is 9.65. The Kier molecular flexibility index (Phi) is 2.65. The third-order valence-electron chi connectivity index (χ3n) is 3.59. The highest BCUT2D eigenvalue weighted by Crippen LogP contribution is 2.28. The summed E-state index contributed by atoms with van der Waals surface area (Å²) in [7, 11) is 0. The maximum Gasteiger partial charge on any atom is 0.138 e. The Morgan fingerprint density at radius 1 is 1.38 bits per heavy atom. The second-order valence-corrected chi connectivity index (χ2v) is 4.68. The van der Waals surface area contributed by atoms with Gasteiger partial charge in [0.15, 0.2) is 0 Å². The van der Waals surface area contributed by atoms with E-state index in [2.05, 4.69) is 20.1 Å². The van der Waals surface area contributed by atoms with E-state index in [4.69, 9.17) is 4.74 Å². The van der Waals surface area contributed by atoms with Crippen molar-refractivity contribution in [1.29, 1.82) is 0 Å². The Bertz CT molecular complexity index is 364. The molecule has 1 aromatic rings. The van der Waals surface area contributed by atoms with Gasteiger partial charge in [0.25, 0.3) is 0 Å². The highest BCUT2D eigenvalue weighted by molar-refractivity contribution is 5.06. The molecule has 16 heavy (non-hydrogen) atoms. The molecule has 3 heterocycles. The van der Waals surface area contributed by atoms with E-state index in [1.165, 1.54) is 6.42 Å². The van der Waals surface area contributed by atoms with Gasteiger partial charge in [-0.25, -0.2) is 0 Å². The fourth-order valence-corrected chi connectivity index (χ4v) is 2.71. The van der Waals surface area contributed by atoms with Crippen LogP contribution in [0.25, 0.3) is 0 Å². The van der Waals surface area contributed by atoms with Gasteiger partial charge in [-0.2, -0.15) is 0 Å². The standard InChI is InChI=1S/C11H18N4O/c1-8-13-14-11(9-3-5-16-7-9)15(8)10-2-4-12-6-10/h9-10,12H,2-7H2,1H3. The first-order valence-electron chi connectivity index (χ1n) is 6.06. The van der Waals surface area contributed by atoms with E-state index < -0.39 is 0 Å². The van der Waals surface area contributed by atoms with Crippen molar-refractivity contribution in [2.45, 2.75) is 31.7 Å². The van der Waals surface area contributed by atoms with Crippen LogP contribution >= 0.6 is 0 Å². The quantitative estimate of drug-likeness (QED) is 0.797. The van der Waals surface area contributed by atoms with Crippen LogP contribution in [0.2, 0.25) is 0 Å². The van der Waals surface area contributed by atoms with Crippen LogP contribution in [-0.2, 0) is 4.74 Å². The summed E-state index contributed by atoms with van der Waals surface area (Å²) in [5, 5.41) is 12.0. The van der Waals surface area contributed by atoms with E-state index in [-0.39, 0.29) is 0 Å². The monoisotopic (exact) mass is 222 g/mol. The van der Waals surface area contributed by atoms with E-state index in [1.807, 2.05) is 6.92 Å². The first kappa shape index (κ1) is 10.2. The molecule has 3 rings (SSSR count). The van der Waals surface area contributed by atoms with Gasteiger partial charge in [0, 0.05) is 19.1 Å². The fourth-order valence-electron chi connectivity index (χ4n) is 2.71. The van der Waals surface area contributed by atoms with Gasteiger partial charge in [-0.3, -0.25) is 0 Å². The van der Waals surface area contributed by atoms with Gasteiger partial charge in [-0.15, -0.1) is 10.2 Å². The van der Waals surface area contributed by atoms with Crippen LogP contribution in [-0.4, -0.2) is 41.1 Å². The second kappa shape index (κ2) is 4.14. The minimum Gasteiger partial charge on any atom is -0.381 e. The number of ether oxygens (including phenoxy) is 1. The largest absolute Gasteiger partial charge is 0.381 e. The van der Waals surface area contributed by atoms with Crippen molar-refractivity contribution in [3.63, 3.8) is 0 Å². The van der Waals surface area contributed by atoms with Gasteiger partial charge in [-0.05, 0) is 26.3 Å². The summed E-state index contributed by atoms with van der Waals surface area (Å²) in [6, 6.07) is 0.533. The molecule has 0 aromatic carbocycles. The van der Waals surface area contributed by atoms with Crippen LogP contribution in [0.4, 0.5) is 0 Å². The van der Waals surface area contributed by atoms with Crippen molar-refractivity contribution in [3.8, 4) is 0 Å². The SMILES string of the molecule is Cc1nnc(C2CCOC2)n1C1CCNC1.